The molecule has 1 unspecified atom stereocenters. The summed E-state index contributed by atoms with van der Waals surface area (Å²) < 4.78 is 5.05. The first-order valence-electron chi connectivity index (χ1n) is 3.97. The van der Waals surface area contributed by atoms with Crippen molar-refractivity contribution >= 4 is 0 Å². The predicted octanol–water partition coefficient (Wildman–Crippen LogP) is 2.06. The van der Waals surface area contributed by atoms with Crippen LogP contribution in [0.3, 0.4) is 0 Å². The topological polar surface area (TPSA) is 29.5 Å². The Kier molecular flexibility index (Phi) is 2.71. The quantitative estimate of drug-likeness (QED) is 0.728. The second-order valence-electron chi connectivity index (χ2n) is 2.90. The molecule has 0 aliphatic rings. The van der Waals surface area contributed by atoms with E-state index in [0.717, 1.165) is 16.9 Å². The van der Waals surface area contributed by atoms with Gasteiger partial charge in [0, 0.05) is 0 Å². The average Bonchev–Trinajstić information content (AvgIpc) is 2.05. The van der Waals surface area contributed by atoms with Crippen LogP contribution in [-0.4, -0.2) is 12.2 Å². The Hall–Kier alpha value is -1.02. The second-order valence-corrected chi connectivity index (χ2v) is 2.90. The van der Waals surface area contributed by atoms with E-state index in [4.69, 9.17) is 4.74 Å². The molecule has 0 heterocycles. The smallest absolute Gasteiger partial charge is 0.119 e. The van der Waals surface area contributed by atoms with Crippen molar-refractivity contribution in [2.45, 2.75) is 20.0 Å². The van der Waals surface area contributed by atoms with Crippen LogP contribution in [0.4, 0.5) is 0 Å². The zero-order valence-corrected chi connectivity index (χ0v) is 7.66. The van der Waals surface area contributed by atoms with E-state index in [1.54, 1.807) is 14.0 Å². The molecule has 0 saturated heterocycles. The van der Waals surface area contributed by atoms with Crippen molar-refractivity contribution in [3.05, 3.63) is 29.3 Å². The lowest BCUT2D eigenvalue weighted by Crippen LogP contribution is -1.95. The van der Waals surface area contributed by atoms with Crippen molar-refractivity contribution in [3.63, 3.8) is 0 Å². The lowest BCUT2D eigenvalue weighted by atomic mass is 10.0. The minimum atomic E-state index is -0.430. The first-order valence-corrected chi connectivity index (χ1v) is 3.97. The van der Waals surface area contributed by atoms with Gasteiger partial charge in [-0.2, -0.15) is 0 Å². The molecule has 66 valence electrons. The standard InChI is InChI=1S/C10H14O2/c1-7-4-5-9(12-3)6-10(7)8(2)11/h4-6,8,11H,1-3H3. The predicted molar refractivity (Wildman–Crippen MR) is 48.4 cm³/mol. The van der Waals surface area contributed by atoms with Crippen LogP contribution in [-0.2, 0) is 0 Å². The first kappa shape index (κ1) is 9.07. The van der Waals surface area contributed by atoms with Crippen molar-refractivity contribution in [2.75, 3.05) is 7.11 Å². The van der Waals surface area contributed by atoms with Crippen LogP contribution in [0.25, 0.3) is 0 Å². The van der Waals surface area contributed by atoms with Gasteiger partial charge >= 0.3 is 0 Å². The van der Waals surface area contributed by atoms with Crippen LogP contribution < -0.4 is 4.74 Å². The highest BCUT2D eigenvalue weighted by Crippen LogP contribution is 2.22. The summed E-state index contributed by atoms with van der Waals surface area (Å²) in [4.78, 5) is 0. The van der Waals surface area contributed by atoms with Crippen LogP contribution >= 0.6 is 0 Å². The van der Waals surface area contributed by atoms with Gasteiger partial charge in [0.2, 0.25) is 0 Å². The molecule has 12 heavy (non-hydrogen) atoms. The van der Waals surface area contributed by atoms with E-state index in [1.165, 1.54) is 0 Å². The molecule has 0 saturated carbocycles. The molecule has 2 heteroatoms. The number of rotatable bonds is 2. The van der Waals surface area contributed by atoms with Gasteiger partial charge in [-0.1, -0.05) is 6.07 Å². The molecule has 0 aromatic heterocycles. The number of hydrogen-bond donors (Lipinski definition) is 1. The van der Waals surface area contributed by atoms with Crippen molar-refractivity contribution in [2.24, 2.45) is 0 Å². The Bertz CT molecular complexity index is 267. The highest BCUT2D eigenvalue weighted by Gasteiger charge is 2.05. The molecule has 0 bridgehead atoms. The van der Waals surface area contributed by atoms with E-state index in [0.29, 0.717) is 0 Å². The number of aliphatic hydroxyl groups excluding tert-OH is 1. The maximum atomic E-state index is 9.37. The van der Waals surface area contributed by atoms with E-state index < -0.39 is 6.10 Å². The van der Waals surface area contributed by atoms with Crippen LogP contribution in [0.15, 0.2) is 18.2 Å². The molecule has 0 aliphatic heterocycles. The highest BCUT2D eigenvalue weighted by atomic mass is 16.5. The van der Waals surface area contributed by atoms with Gasteiger partial charge in [0.15, 0.2) is 0 Å². The monoisotopic (exact) mass is 166 g/mol. The van der Waals surface area contributed by atoms with Crippen molar-refractivity contribution < 1.29 is 9.84 Å². The number of methoxy groups -OCH3 is 1. The summed E-state index contributed by atoms with van der Waals surface area (Å²) in [7, 11) is 1.62. The largest absolute Gasteiger partial charge is 0.497 e. The van der Waals surface area contributed by atoms with Crippen LogP contribution in [0.1, 0.15) is 24.2 Å². The van der Waals surface area contributed by atoms with Crippen molar-refractivity contribution in [1.82, 2.24) is 0 Å². The Balaban J connectivity index is 3.08. The maximum Gasteiger partial charge on any atom is 0.119 e. The maximum absolute atomic E-state index is 9.37. The summed E-state index contributed by atoms with van der Waals surface area (Å²) in [6.45, 7) is 3.73. The van der Waals surface area contributed by atoms with Crippen LogP contribution in [0.2, 0.25) is 0 Å². The molecule has 2 nitrogen and oxygen atoms in total. The van der Waals surface area contributed by atoms with Gasteiger partial charge in [0.05, 0.1) is 13.2 Å². The van der Waals surface area contributed by atoms with Gasteiger partial charge in [-0.15, -0.1) is 0 Å². The number of hydrogen-bond acceptors (Lipinski definition) is 2. The second kappa shape index (κ2) is 3.59. The number of aryl methyl sites for hydroxylation is 1. The fourth-order valence-electron chi connectivity index (χ4n) is 1.20. The number of benzene rings is 1. The first-order chi connectivity index (χ1) is 5.65. The van der Waals surface area contributed by atoms with E-state index in [2.05, 4.69) is 0 Å². The van der Waals surface area contributed by atoms with Crippen molar-refractivity contribution in [1.29, 1.82) is 0 Å². The summed E-state index contributed by atoms with van der Waals surface area (Å²) in [5, 5.41) is 9.37. The Morgan fingerprint density at radius 1 is 1.42 bits per heavy atom. The Labute approximate surface area is 72.8 Å². The molecular formula is C10H14O2. The third-order valence-electron chi connectivity index (χ3n) is 1.94. The minimum absolute atomic E-state index is 0.430. The number of aliphatic hydroxyl groups is 1. The molecule has 1 aromatic rings. The normalized spacial score (nSPS) is 12.7. The van der Waals surface area contributed by atoms with Crippen molar-refractivity contribution in [3.8, 4) is 5.75 Å². The molecule has 1 aromatic carbocycles. The van der Waals surface area contributed by atoms with Gasteiger partial charge in [-0.3, -0.25) is 0 Å². The Morgan fingerprint density at radius 3 is 2.58 bits per heavy atom. The zero-order valence-electron chi connectivity index (χ0n) is 7.66. The molecule has 0 fully saturated rings. The summed E-state index contributed by atoms with van der Waals surface area (Å²) >= 11 is 0. The summed E-state index contributed by atoms with van der Waals surface area (Å²) in [6, 6.07) is 5.70. The van der Waals surface area contributed by atoms with E-state index in [9.17, 15) is 5.11 Å². The lowest BCUT2D eigenvalue weighted by molar-refractivity contribution is 0.198. The molecule has 0 spiro atoms. The van der Waals surface area contributed by atoms with E-state index in [1.807, 2.05) is 25.1 Å². The fraction of sp³-hybridized carbons (Fsp3) is 0.400. The molecule has 0 radical (unpaired) electrons. The summed E-state index contributed by atoms with van der Waals surface area (Å²) in [5.74, 6) is 0.788. The molecule has 1 N–H and O–H groups in total. The molecule has 0 aliphatic carbocycles. The molecular weight excluding hydrogens is 152 g/mol. The van der Waals surface area contributed by atoms with Gasteiger partial charge < -0.3 is 9.84 Å². The average molecular weight is 166 g/mol. The third kappa shape index (κ3) is 1.77. The highest BCUT2D eigenvalue weighted by molar-refractivity contribution is 5.35. The SMILES string of the molecule is COc1ccc(C)c(C(C)O)c1. The molecule has 1 rings (SSSR count). The number of ether oxygens (including phenoxy) is 1. The minimum Gasteiger partial charge on any atom is -0.497 e. The van der Waals surface area contributed by atoms with Crippen LogP contribution in [0.5, 0.6) is 5.75 Å². The summed E-state index contributed by atoms with van der Waals surface area (Å²) in [5.41, 5.74) is 2.01. The zero-order chi connectivity index (χ0) is 9.14. The fourth-order valence-corrected chi connectivity index (χ4v) is 1.20. The lowest BCUT2D eigenvalue weighted by Gasteiger charge is -2.10. The van der Waals surface area contributed by atoms with Gasteiger partial charge in [0.25, 0.3) is 0 Å². The Morgan fingerprint density at radius 2 is 2.08 bits per heavy atom. The third-order valence-corrected chi connectivity index (χ3v) is 1.94. The van der Waals surface area contributed by atoms with Gasteiger partial charge in [-0.25, -0.2) is 0 Å². The van der Waals surface area contributed by atoms with Gasteiger partial charge in [-0.05, 0) is 37.1 Å². The molecule has 1 atom stereocenters. The van der Waals surface area contributed by atoms with Gasteiger partial charge in [0.1, 0.15) is 5.75 Å². The van der Waals surface area contributed by atoms with E-state index in [-0.39, 0.29) is 0 Å². The van der Waals surface area contributed by atoms with E-state index >= 15 is 0 Å². The van der Waals surface area contributed by atoms with Crippen LogP contribution in [0, 0.1) is 6.92 Å². The summed E-state index contributed by atoms with van der Waals surface area (Å²) in [6.07, 6.45) is -0.430. The molecule has 0 amide bonds.